The number of rotatable bonds is 5. The molecule has 1 aliphatic rings. The summed E-state index contributed by atoms with van der Waals surface area (Å²) in [5.74, 6) is -0.248. The normalized spacial score (nSPS) is 16.4. The third kappa shape index (κ3) is 5.38. The maximum Gasteiger partial charge on any atom is 0.306 e. The zero-order chi connectivity index (χ0) is 20.3. The summed E-state index contributed by atoms with van der Waals surface area (Å²) in [6.45, 7) is 8.57. The number of pyridine rings is 2. The summed E-state index contributed by atoms with van der Waals surface area (Å²) in [6.07, 6.45) is 3.48. The molecule has 2 aromatic rings. The van der Waals surface area contributed by atoms with Crippen LogP contribution in [-0.2, 0) is 16.1 Å². The molecular formula is C21H28FN3O3. The molecule has 0 amide bonds. The number of aromatic nitrogens is 2. The summed E-state index contributed by atoms with van der Waals surface area (Å²) < 4.78 is 20.6. The van der Waals surface area contributed by atoms with Crippen LogP contribution in [0.15, 0.2) is 29.2 Å². The summed E-state index contributed by atoms with van der Waals surface area (Å²) in [6, 6.07) is 4.45. The molecule has 1 saturated heterocycles. The van der Waals surface area contributed by atoms with Crippen molar-refractivity contribution in [3.63, 3.8) is 0 Å². The molecule has 7 heteroatoms. The summed E-state index contributed by atoms with van der Waals surface area (Å²) in [4.78, 5) is 30.6. The Morgan fingerprint density at radius 2 is 1.96 bits per heavy atom. The third-order valence-electron chi connectivity index (χ3n) is 5.03. The third-order valence-corrected chi connectivity index (χ3v) is 5.03. The molecule has 0 radical (unpaired) electrons. The quantitative estimate of drug-likeness (QED) is 0.736. The highest BCUT2D eigenvalue weighted by atomic mass is 19.1. The Balaban J connectivity index is 1.54. The maximum absolute atomic E-state index is 13.6. The van der Waals surface area contributed by atoms with Gasteiger partial charge >= 0.3 is 5.97 Å². The zero-order valence-electron chi connectivity index (χ0n) is 16.8. The fourth-order valence-corrected chi connectivity index (χ4v) is 3.65. The van der Waals surface area contributed by atoms with Crippen LogP contribution in [0.3, 0.4) is 0 Å². The first-order chi connectivity index (χ1) is 13.2. The number of carbonyl (C=O) groups excluding carboxylic acids is 1. The van der Waals surface area contributed by atoms with Crippen LogP contribution in [0.1, 0.15) is 40.0 Å². The van der Waals surface area contributed by atoms with Crippen LogP contribution in [0.2, 0.25) is 0 Å². The molecule has 1 fully saturated rings. The van der Waals surface area contributed by atoms with Gasteiger partial charge in [0.2, 0.25) is 0 Å². The van der Waals surface area contributed by atoms with Crippen molar-refractivity contribution >= 4 is 17.0 Å². The highest BCUT2D eigenvalue weighted by Crippen LogP contribution is 2.22. The molecule has 0 aromatic carbocycles. The molecule has 152 valence electrons. The van der Waals surface area contributed by atoms with Crippen LogP contribution in [0.4, 0.5) is 4.39 Å². The van der Waals surface area contributed by atoms with Gasteiger partial charge in [0.25, 0.3) is 5.56 Å². The highest BCUT2D eigenvalue weighted by Gasteiger charge is 2.24. The number of hydrogen-bond donors (Lipinski definition) is 0. The second-order valence-corrected chi connectivity index (χ2v) is 8.46. The van der Waals surface area contributed by atoms with Crippen molar-refractivity contribution in [3.8, 4) is 0 Å². The van der Waals surface area contributed by atoms with Gasteiger partial charge in [-0.25, -0.2) is 4.39 Å². The van der Waals surface area contributed by atoms with E-state index in [0.29, 0.717) is 36.5 Å². The van der Waals surface area contributed by atoms with Gasteiger partial charge in [-0.3, -0.25) is 14.6 Å². The Bertz CT molecular complexity index is 896. The zero-order valence-corrected chi connectivity index (χ0v) is 16.8. The summed E-state index contributed by atoms with van der Waals surface area (Å²) >= 11 is 0. The van der Waals surface area contributed by atoms with Crippen molar-refractivity contribution in [3.05, 3.63) is 40.6 Å². The Hall–Kier alpha value is -2.28. The van der Waals surface area contributed by atoms with E-state index in [1.165, 1.54) is 12.1 Å². The number of nitrogens with zero attached hydrogens (tertiary/aromatic N) is 3. The van der Waals surface area contributed by atoms with Gasteiger partial charge in [0.1, 0.15) is 11.4 Å². The van der Waals surface area contributed by atoms with E-state index in [4.69, 9.17) is 4.74 Å². The molecule has 0 aliphatic carbocycles. The van der Waals surface area contributed by atoms with Gasteiger partial charge in [-0.1, -0.05) is 0 Å². The number of hydrogen-bond acceptors (Lipinski definition) is 5. The molecule has 0 N–H and O–H groups in total. The largest absolute Gasteiger partial charge is 0.460 e. The molecule has 28 heavy (non-hydrogen) atoms. The lowest BCUT2D eigenvalue weighted by atomic mass is 9.93. The van der Waals surface area contributed by atoms with Crippen LogP contribution in [0, 0.1) is 11.7 Å². The lowest BCUT2D eigenvalue weighted by Gasteiger charge is -2.32. The number of carbonyl (C=O) groups is 1. The van der Waals surface area contributed by atoms with Crippen LogP contribution in [0.25, 0.3) is 11.0 Å². The molecule has 0 bridgehead atoms. The van der Waals surface area contributed by atoms with E-state index in [1.54, 1.807) is 10.6 Å². The molecule has 3 rings (SSSR count). The first kappa shape index (κ1) is 20.5. The first-order valence-corrected chi connectivity index (χ1v) is 9.80. The average molecular weight is 389 g/mol. The van der Waals surface area contributed by atoms with E-state index in [-0.39, 0.29) is 11.5 Å². The monoisotopic (exact) mass is 389 g/mol. The molecule has 0 unspecified atom stereocenters. The van der Waals surface area contributed by atoms with Crippen molar-refractivity contribution in [2.45, 2.75) is 52.2 Å². The van der Waals surface area contributed by atoms with E-state index in [2.05, 4.69) is 9.88 Å². The van der Waals surface area contributed by atoms with Crippen molar-refractivity contribution in [2.24, 2.45) is 5.92 Å². The van der Waals surface area contributed by atoms with Gasteiger partial charge in [-0.05, 0) is 58.7 Å². The van der Waals surface area contributed by atoms with E-state index in [1.807, 2.05) is 20.8 Å². The number of esters is 1. The summed E-state index contributed by atoms with van der Waals surface area (Å²) in [7, 11) is 0. The van der Waals surface area contributed by atoms with Crippen LogP contribution < -0.4 is 5.56 Å². The molecule has 2 aromatic heterocycles. The molecule has 0 saturated carbocycles. The minimum Gasteiger partial charge on any atom is -0.460 e. The Labute approximate surface area is 164 Å². The topological polar surface area (TPSA) is 64.4 Å². The van der Waals surface area contributed by atoms with E-state index in [9.17, 15) is 14.0 Å². The maximum atomic E-state index is 13.6. The van der Waals surface area contributed by atoms with Gasteiger partial charge in [0.05, 0.1) is 17.2 Å². The molecular weight excluding hydrogens is 361 g/mol. The standard InChI is InChI=1S/C21H28FN3O3/c1-21(2,3)28-20(27)12-15-6-8-24(9-7-15)10-11-25-18-13-16(22)14-23-17(18)4-5-19(25)26/h4-5,13-15H,6-12H2,1-3H3. The lowest BCUT2D eigenvalue weighted by Crippen LogP contribution is -2.38. The summed E-state index contributed by atoms with van der Waals surface area (Å²) in [5, 5.41) is 0. The molecule has 0 atom stereocenters. The van der Waals surface area contributed by atoms with Gasteiger partial charge in [-0.2, -0.15) is 0 Å². The first-order valence-electron chi connectivity index (χ1n) is 9.80. The van der Waals surface area contributed by atoms with Crippen LogP contribution in [-0.4, -0.2) is 45.7 Å². The molecule has 0 spiro atoms. The predicted molar refractivity (Wildman–Crippen MR) is 106 cm³/mol. The van der Waals surface area contributed by atoms with Crippen LogP contribution >= 0.6 is 0 Å². The second-order valence-electron chi connectivity index (χ2n) is 8.46. The molecule has 3 heterocycles. The summed E-state index contributed by atoms with van der Waals surface area (Å²) in [5.41, 5.74) is 0.529. The highest BCUT2D eigenvalue weighted by molar-refractivity contribution is 5.74. The van der Waals surface area contributed by atoms with Crippen molar-refractivity contribution in [1.29, 1.82) is 0 Å². The van der Waals surface area contributed by atoms with Gasteiger partial charge in [0, 0.05) is 31.6 Å². The van der Waals surface area contributed by atoms with E-state index in [0.717, 1.165) is 32.1 Å². The lowest BCUT2D eigenvalue weighted by molar-refractivity contribution is -0.156. The fourth-order valence-electron chi connectivity index (χ4n) is 3.65. The molecule has 1 aliphatic heterocycles. The second kappa shape index (κ2) is 8.39. The number of likely N-dealkylation sites (tertiary alicyclic amines) is 1. The SMILES string of the molecule is CC(C)(C)OC(=O)CC1CCN(CCn2c(=O)ccc3ncc(F)cc32)CC1. The Kier molecular flexibility index (Phi) is 6.13. The van der Waals surface area contributed by atoms with Gasteiger partial charge < -0.3 is 14.2 Å². The average Bonchev–Trinajstić information content (AvgIpc) is 2.60. The molecule has 6 nitrogen and oxygen atoms in total. The van der Waals surface area contributed by atoms with Crippen molar-refractivity contribution in [2.75, 3.05) is 19.6 Å². The van der Waals surface area contributed by atoms with Crippen LogP contribution in [0.5, 0.6) is 0 Å². The number of piperidine rings is 1. The van der Waals surface area contributed by atoms with Gasteiger partial charge in [0.15, 0.2) is 0 Å². The number of fused-ring (bicyclic) bond motifs is 1. The van der Waals surface area contributed by atoms with Crippen molar-refractivity contribution in [1.82, 2.24) is 14.5 Å². The Morgan fingerprint density at radius 1 is 1.25 bits per heavy atom. The minimum absolute atomic E-state index is 0.136. The van der Waals surface area contributed by atoms with Gasteiger partial charge in [-0.15, -0.1) is 0 Å². The smallest absolute Gasteiger partial charge is 0.306 e. The number of ether oxygens (including phenoxy) is 1. The van der Waals surface area contributed by atoms with Crippen molar-refractivity contribution < 1.29 is 13.9 Å². The fraction of sp³-hybridized carbons (Fsp3) is 0.571. The Morgan fingerprint density at radius 3 is 2.64 bits per heavy atom. The minimum atomic E-state index is -0.449. The predicted octanol–water partition coefficient (Wildman–Crippen LogP) is 2.98. The van der Waals surface area contributed by atoms with E-state index >= 15 is 0 Å². The number of halogens is 1. The van der Waals surface area contributed by atoms with E-state index < -0.39 is 11.4 Å².